The first-order valence-electron chi connectivity index (χ1n) is 15.2. The number of hydrogen-bond acceptors (Lipinski definition) is 11. The molecular weight excluding hydrogens is 756 g/mol. The minimum atomic E-state index is -10.7. The molecule has 0 saturated heterocycles. The van der Waals surface area contributed by atoms with Crippen molar-refractivity contribution < 1.29 is 48.3 Å². The number of nitrogens with zero attached hydrogens (tertiary/aromatic N) is 10. The first-order valence-corrected chi connectivity index (χ1v) is 17.2. The predicted molar refractivity (Wildman–Crippen MR) is 183 cm³/mol. The zero-order valence-corrected chi connectivity index (χ0v) is 30.0. The molecule has 0 aliphatic heterocycles. The van der Waals surface area contributed by atoms with Gasteiger partial charge in [-0.25, -0.2) is 23.8 Å². The summed E-state index contributed by atoms with van der Waals surface area (Å²) in [4.78, 5) is 46.1. The molecule has 24 heteroatoms. The fraction of sp³-hybridized carbons (Fsp3) is 0.233. The number of anilines is 1. The maximum absolute atomic E-state index is 14.4. The van der Waals surface area contributed by atoms with E-state index in [0.29, 0.717) is 45.1 Å². The number of rotatable bonds is 6. The van der Waals surface area contributed by atoms with Gasteiger partial charge in [-0.15, -0.1) is 5.10 Å². The van der Waals surface area contributed by atoms with Crippen LogP contribution in [0.3, 0.4) is 0 Å². The summed E-state index contributed by atoms with van der Waals surface area (Å²) < 4.78 is 81.8. The van der Waals surface area contributed by atoms with Gasteiger partial charge < -0.3 is 9.09 Å². The van der Waals surface area contributed by atoms with Crippen LogP contribution >= 0.6 is 7.81 Å². The summed E-state index contributed by atoms with van der Waals surface area (Å²) in [6, 6.07) is 11.2. The summed E-state index contributed by atoms with van der Waals surface area (Å²) in [5, 5.41) is 12.0. The zero-order chi connectivity index (χ0) is 40.1. The standard InChI is InChI=1S/C20H17FN6O3.C10H15N6O.F6P/c1-11-8-17(30-26-11)13-9-15(21)18(23-10-13)24-25-19(28)12(2)27-7-5-16-14(20(27)29)4-3-6-22-16;1-14(2)10(15(3)4)17-16-9-8(12-13-16)6-5-7-11-9;1-7(2,3,4,5)6/h3-10,12H,1-2H3,(H,23,24)(H,25,28);5-7H,1-4H3;/q;+1;-1/t12-;;/m1../s1. The summed E-state index contributed by atoms with van der Waals surface area (Å²) in [6.45, 7) is 3.31. The Morgan fingerprint density at radius 2 is 1.67 bits per heavy atom. The first kappa shape index (κ1) is 40.5. The second kappa shape index (κ2) is 15.0. The molecular formula is C30H32F7N12O4P. The molecule has 1 amide bonds. The summed E-state index contributed by atoms with van der Waals surface area (Å²) in [6.07, 6.45) is 6.15. The van der Waals surface area contributed by atoms with Gasteiger partial charge in [-0.1, -0.05) is 5.16 Å². The number of aromatic nitrogens is 8. The van der Waals surface area contributed by atoms with Gasteiger partial charge in [0, 0.05) is 36.4 Å². The molecule has 0 saturated carbocycles. The number of hydrazine groups is 1. The molecule has 0 aromatic carbocycles. The van der Waals surface area contributed by atoms with Crippen LogP contribution in [-0.2, 0) is 4.79 Å². The van der Waals surface area contributed by atoms with Crippen LogP contribution in [0.5, 0.6) is 0 Å². The summed E-state index contributed by atoms with van der Waals surface area (Å²) >= 11 is 0. The summed E-state index contributed by atoms with van der Waals surface area (Å²) in [7, 11) is -3.09. The third-order valence-electron chi connectivity index (χ3n) is 6.67. The molecule has 0 aliphatic rings. The number of fused-ring (bicyclic) bond motifs is 2. The Balaban J connectivity index is 0.000000227. The van der Waals surface area contributed by atoms with E-state index in [4.69, 9.17) is 9.36 Å². The van der Waals surface area contributed by atoms with Crippen LogP contribution in [0.15, 0.2) is 76.6 Å². The van der Waals surface area contributed by atoms with Crippen molar-refractivity contribution in [3.63, 3.8) is 0 Å². The van der Waals surface area contributed by atoms with Gasteiger partial charge in [-0.3, -0.25) is 30.3 Å². The van der Waals surface area contributed by atoms with Crippen molar-refractivity contribution >= 4 is 47.6 Å². The quantitative estimate of drug-likeness (QED) is 0.0549. The zero-order valence-electron chi connectivity index (χ0n) is 29.1. The van der Waals surface area contributed by atoms with E-state index in [1.807, 2.05) is 49.8 Å². The Hall–Kier alpha value is -6.25. The van der Waals surface area contributed by atoms with E-state index < -0.39 is 25.6 Å². The van der Waals surface area contributed by atoms with Crippen molar-refractivity contribution in [1.82, 2.24) is 50.2 Å². The molecule has 0 bridgehead atoms. The van der Waals surface area contributed by atoms with Crippen LogP contribution in [-0.4, -0.2) is 89.4 Å². The molecule has 0 spiro atoms. The number of amidine groups is 1. The van der Waals surface area contributed by atoms with Crippen LogP contribution in [0, 0.1) is 12.7 Å². The van der Waals surface area contributed by atoms with E-state index in [9.17, 15) is 39.2 Å². The average Bonchev–Trinajstić information content (AvgIpc) is 3.71. The van der Waals surface area contributed by atoms with Gasteiger partial charge in [0.05, 0.1) is 44.8 Å². The van der Waals surface area contributed by atoms with Gasteiger partial charge >= 0.3 is 39.0 Å². The molecule has 2 N–H and O–H groups in total. The third-order valence-corrected chi connectivity index (χ3v) is 6.67. The Labute approximate surface area is 300 Å². The Morgan fingerprint density at radius 1 is 1.00 bits per heavy atom. The number of pyridine rings is 4. The minimum absolute atomic E-state index is 0.175. The van der Waals surface area contributed by atoms with Crippen LogP contribution in [0.25, 0.3) is 33.4 Å². The number of halogens is 7. The topological polar surface area (TPSA) is 174 Å². The van der Waals surface area contributed by atoms with E-state index in [2.05, 4.69) is 41.3 Å². The number of amides is 1. The second-order valence-electron chi connectivity index (χ2n) is 11.6. The van der Waals surface area contributed by atoms with Gasteiger partial charge in [-0.2, -0.15) is 0 Å². The second-order valence-corrected chi connectivity index (χ2v) is 13.5. The van der Waals surface area contributed by atoms with Crippen molar-refractivity contribution in [1.29, 1.82) is 0 Å². The van der Waals surface area contributed by atoms with Gasteiger partial charge in [0.2, 0.25) is 5.65 Å². The molecule has 6 aromatic rings. The molecule has 6 rings (SSSR count). The molecule has 1 atom stereocenters. The Bertz CT molecular complexity index is 2370. The number of aryl methyl sites for hydroxylation is 1. The van der Waals surface area contributed by atoms with E-state index >= 15 is 0 Å². The number of hydrogen-bond donors (Lipinski definition) is 2. The molecule has 54 heavy (non-hydrogen) atoms. The van der Waals surface area contributed by atoms with Crippen LogP contribution in [0.2, 0.25) is 0 Å². The number of nitrogens with one attached hydrogen (secondary N) is 2. The van der Waals surface area contributed by atoms with Crippen LogP contribution < -0.4 is 21.2 Å². The predicted octanol–water partition coefficient (Wildman–Crippen LogP) is 5.43. The summed E-state index contributed by atoms with van der Waals surface area (Å²) in [5.41, 5.74) is 7.37. The van der Waals surface area contributed by atoms with Crippen molar-refractivity contribution in [2.45, 2.75) is 19.9 Å². The fourth-order valence-corrected chi connectivity index (χ4v) is 4.36. The molecule has 6 aromatic heterocycles. The SMILES string of the molecule is CN(C)C(On1nnc2cccnc21)=[N+](C)C.Cc1cc(-c2cnc(NNC(=O)[C@@H](C)n3ccc4ncccc4c3=O)c(F)c2)on1.F[P-](F)(F)(F)(F)F. The molecule has 0 aliphatic carbocycles. The molecule has 0 fully saturated rings. The Kier molecular flexibility index (Phi) is 11.3. The monoisotopic (exact) mass is 788 g/mol. The van der Waals surface area contributed by atoms with Gasteiger partial charge in [0.25, 0.3) is 11.5 Å². The number of carbonyl (C=O) groups excluding carboxylic acids is 1. The van der Waals surface area contributed by atoms with Crippen molar-refractivity contribution in [3.05, 3.63) is 89.1 Å². The maximum atomic E-state index is 14.4. The van der Waals surface area contributed by atoms with E-state index in [1.54, 1.807) is 50.5 Å². The average molecular weight is 789 g/mol. The Morgan fingerprint density at radius 3 is 2.28 bits per heavy atom. The van der Waals surface area contributed by atoms with E-state index in [1.165, 1.54) is 27.9 Å². The van der Waals surface area contributed by atoms with E-state index in [0.717, 1.165) is 0 Å². The van der Waals surface area contributed by atoms with Gasteiger partial charge in [0.1, 0.15) is 11.6 Å². The van der Waals surface area contributed by atoms with Gasteiger partial charge in [0.15, 0.2) is 17.4 Å². The molecule has 290 valence electrons. The van der Waals surface area contributed by atoms with E-state index in [-0.39, 0.29) is 11.4 Å². The van der Waals surface area contributed by atoms with Gasteiger partial charge in [-0.05, 0) is 60.3 Å². The summed E-state index contributed by atoms with van der Waals surface area (Å²) in [5.74, 6) is -1.03. The van der Waals surface area contributed by atoms with Crippen molar-refractivity contribution in [3.8, 4) is 11.3 Å². The van der Waals surface area contributed by atoms with Crippen molar-refractivity contribution in [2.24, 2.45) is 0 Å². The molecule has 6 heterocycles. The number of carbonyl (C=O) groups is 1. The molecule has 0 radical (unpaired) electrons. The molecule has 16 nitrogen and oxygen atoms in total. The third kappa shape index (κ3) is 11.6. The van der Waals surface area contributed by atoms with Crippen LogP contribution in [0.1, 0.15) is 18.7 Å². The van der Waals surface area contributed by atoms with Crippen LogP contribution in [0.4, 0.5) is 35.4 Å². The normalized spacial score (nSPS) is 12.9. The molecule has 0 unspecified atom stereocenters. The first-order chi connectivity index (χ1) is 25.0. The fourth-order valence-electron chi connectivity index (χ4n) is 4.36. The van der Waals surface area contributed by atoms with Crippen molar-refractivity contribution in [2.75, 3.05) is 33.6 Å².